The first kappa shape index (κ1) is 22.6. The van der Waals surface area contributed by atoms with Gasteiger partial charge in [-0.15, -0.1) is 5.10 Å². The number of nitrogens with one attached hydrogen (secondary N) is 2. The third-order valence-electron chi connectivity index (χ3n) is 8.95. The highest BCUT2D eigenvalue weighted by molar-refractivity contribution is 6.04. The number of carbonyl (C=O) groups excluding carboxylic acids is 2. The fourth-order valence-corrected chi connectivity index (χ4v) is 7.42. The summed E-state index contributed by atoms with van der Waals surface area (Å²) >= 11 is 0. The average Bonchev–Trinajstić information content (AvgIpc) is 3.62. The molecule has 190 valence electrons. The van der Waals surface area contributed by atoms with E-state index in [1.54, 1.807) is 0 Å². The number of amides is 2. The van der Waals surface area contributed by atoms with Crippen LogP contribution in [0, 0.1) is 23.2 Å². The van der Waals surface area contributed by atoms with Crippen molar-refractivity contribution < 1.29 is 9.59 Å². The minimum Gasteiger partial charge on any atom is -0.352 e. The molecule has 1 aromatic heterocycles. The molecule has 5 saturated carbocycles. The lowest BCUT2D eigenvalue weighted by molar-refractivity contribution is -0.146. The zero-order chi connectivity index (χ0) is 25.0. The maximum absolute atomic E-state index is 13.2. The number of carbonyl (C=O) groups is 2. The molecule has 5 aliphatic carbocycles. The van der Waals surface area contributed by atoms with Gasteiger partial charge in [-0.1, -0.05) is 24.3 Å². The molecule has 2 amide bonds. The standard InChI is InChI=1S/C29H32N6O2/c36-27(31-24-3-1-2-23(13-24)26-32-33-34-35(26)25-8-9-25)22-6-4-18(5-7-22)17-30-28(37)29-14-19-10-20(15-29)12-21(11-19)16-29/h1-7,13,19-21,25H,8-12,14-17H2,(H,30,37)(H,31,36). The first-order valence-electron chi connectivity index (χ1n) is 13.6. The summed E-state index contributed by atoms with van der Waals surface area (Å²) in [5.74, 6) is 3.04. The Morgan fingerprint density at radius 3 is 2.32 bits per heavy atom. The maximum Gasteiger partial charge on any atom is 0.255 e. The Morgan fingerprint density at radius 1 is 0.946 bits per heavy atom. The van der Waals surface area contributed by atoms with E-state index in [1.807, 2.05) is 53.2 Å². The van der Waals surface area contributed by atoms with Crippen LogP contribution in [-0.2, 0) is 11.3 Å². The first-order valence-corrected chi connectivity index (χ1v) is 13.6. The Labute approximate surface area is 216 Å². The smallest absolute Gasteiger partial charge is 0.255 e. The lowest BCUT2D eigenvalue weighted by Crippen LogP contribution is -2.53. The molecule has 8 heteroatoms. The number of hydrogen-bond donors (Lipinski definition) is 2. The van der Waals surface area contributed by atoms with E-state index >= 15 is 0 Å². The lowest BCUT2D eigenvalue weighted by atomic mass is 9.49. The summed E-state index contributed by atoms with van der Waals surface area (Å²) in [6.07, 6.45) is 9.40. The van der Waals surface area contributed by atoms with Gasteiger partial charge < -0.3 is 10.6 Å². The molecule has 0 spiro atoms. The second kappa shape index (κ2) is 8.78. The number of tetrazole rings is 1. The van der Waals surface area contributed by atoms with Gasteiger partial charge in [-0.3, -0.25) is 9.59 Å². The summed E-state index contributed by atoms with van der Waals surface area (Å²) in [5.41, 5.74) is 3.01. The fourth-order valence-electron chi connectivity index (χ4n) is 7.42. The second-order valence-corrected chi connectivity index (χ2v) is 11.8. The molecule has 0 radical (unpaired) electrons. The van der Waals surface area contributed by atoms with Crippen LogP contribution in [0.3, 0.4) is 0 Å². The molecule has 0 aliphatic heterocycles. The monoisotopic (exact) mass is 496 g/mol. The van der Waals surface area contributed by atoms with Crippen molar-refractivity contribution in [2.45, 2.75) is 64.0 Å². The molecule has 0 atom stereocenters. The number of hydrogen-bond acceptors (Lipinski definition) is 5. The number of anilines is 1. The van der Waals surface area contributed by atoms with Crippen molar-refractivity contribution in [2.75, 3.05) is 5.32 Å². The summed E-state index contributed by atoms with van der Waals surface area (Å²) in [6.45, 7) is 0.500. The van der Waals surface area contributed by atoms with Crippen LogP contribution in [0.1, 0.15) is 73.3 Å². The molecule has 37 heavy (non-hydrogen) atoms. The quantitative estimate of drug-likeness (QED) is 0.491. The highest BCUT2D eigenvalue weighted by Gasteiger charge is 2.54. The van der Waals surface area contributed by atoms with Gasteiger partial charge in [0.15, 0.2) is 5.82 Å². The highest BCUT2D eigenvalue weighted by atomic mass is 16.2. The summed E-state index contributed by atoms with van der Waals surface area (Å²) in [5, 5.41) is 18.3. The van der Waals surface area contributed by atoms with Gasteiger partial charge in [0.2, 0.25) is 5.91 Å². The van der Waals surface area contributed by atoms with Gasteiger partial charge in [0.25, 0.3) is 5.91 Å². The number of rotatable bonds is 7. The molecule has 2 aromatic carbocycles. The predicted octanol–water partition coefficient (Wildman–Crippen LogP) is 4.76. The van der Waals surface area contributed by atoms with Crippen molar-refractivity contribution in [2.24, 2.45) is 23.2 Å². The average molecular weight is 497 g/mol. The van der Waals surface area contributed by atoms with Gasteiger partial charge in [0, 0.05) is 28.8 Å². The van der Waals surface area contributed by atoms with E-state index < -0.39 is 0 Å². The minimum atomic E-state index is -0.178. The van der Waals surface area contributed by atoms with Gasteiger partial charge in [0.1, 0.15) is 0 Å². The van der Waals surface area contributed by atoms with E-state index in [-0.39, 0.29) is 17.2 Å². The highest BCUT2D eigenvalue weighted by Crippen LogP contribution is 2.60. The Morgan fingerprint density at radius 2 is 1.65 bits per heavy atom. The van der Waals surface area contributed by atoms with Crippen LogP contribution in [-0.4, -0.2) is 32.0 Å². The maximum atomic E-state index is 13.2. The summed E-state index contributed by atoms with van der Waals surface area (Å²) < 4.78 is 1.86. The van der Waals surface area contributed by atoms with Crippen molar-refractivity contribution in [1.82, 2.24) is 25.5 Å². The Hall–Kier alpha value is -3.55. The van der Waals surface area contributed by atoms with E-state index in [0.29, 0.717) is 23.8 Å². The molecule has 0 unspecified atom stereocenters. The van der Waals surface area contributed by atoms with E-state index in [1.165, 1.54) is 19.3 Å². The second-order valence-electron chi connectivity index (χ2n) is 11.8. The molecule has 8 rings (SSSR count). The zero-order valence-corrected chi connectivity index (χ0v) is 20.9. The summed E-state index contributed by atoms with van der Waals surface area (Å²) in [6, 6.07) is 15.5. The van der Waals surface area contributed by atoms with Crippen LogP contribution in [0.2, 0.25) is 0 Å². The van der Waals surface area contributed by atoms with Gasteiger partial charge in [-0.25, -0.2) is 4.68 Å². The zero-order valence-electron chi connectivity index (χ0n) is 20.9. The molecule has 0 saturated heterocycles. The Kier molecular flexibility index (Phi) is 5.37. The van der Waals surface area contributed by atoms with Crippen LogP contribution >= 0.6 is 0 Å². The molecule has 8 nitrogen and oxygen atoms in total. The molecule has 5 fully saturated rings. The van der Waals surface area contributed by atoms with Crippen molar-refractivity contribution in [3.63, 3.8) is 0 Å². The van der Waals surface area contributed by atoms with Crippen LogP contribution in [0.5, 0.6) is 0 Å². The summed E-state index contributed by atoms with van der Waals surface area (Å²) in [7, 11) is 0. The van der Waals surface area contributed by atoms with E-state index in [0.717, 1.165) is 66.8 Å². The van der Waals surface area contributed by atoms with Crippen LogP contribution in [0.15, 0.2) is 48.5 Å². The fraction of sp³-hybridized carbons (Fsp3) is 0.483. The topological polar surface area (TPSA) is 102 Å². The van der Waals surface area contributed by atoms with E-state index in [4.69, 9.17) is 0 Å². The number of benzene rings is 2. The van der Waals surface area contributed by atoms with Crippen molar-refractivity contribution in [1.29, 1.82) is 0 Å². The third-order valence-corrected chi connectivity index (χ3v) is 8.95. The molecule has 3 aromatic rings. The van der Waals surface area contributed by atoms with Gasteiger partial charge in [0.05, 0.1) is 6.04 Å². The molecule has 1 heterocycles. The lowest BCUT2D eigenvalue weighted by Gasteiger charge is -2.55. The van der Waals surface area contributed by atoms with Crippen LogP contribution in [0.4, 0.5) is 5.69 Å². The normalized spacial score (nSPS) is 27.7. The van der Waals surface area contributed by atoms with Gasteiger partial charge >= 0.3 is 0 Å². The predicted molar refractivity (Wildman–Crippen MR) is 138 cm³/mol. The molecular formula is C29H32N6O2. The number of aromatic nitrogens is 4. The van der Waals surface area contributed by atoms with Gasteiger partial charge in [-0.2, -0.15) is 0 Å². The molecule has 2 N–H and O–H groups in total. The third kappa shape index (κ3) is 4.32. The minimum absolute atomic E-state index is 0.134. The Bertz CT molecular complexity index is 1310. The largest absolute Gasteiger partial charge is 0.352 e. The van der Waals surface area contributed by atoms with Crippen LogP contribution in [0.25, 0.3) is 11.4 Å². The van der Waals surface area contributed by atoms with Crippen molar-refractivity contribution >= 4 is 17.5 Å². The molecule has 5 aliphatic rings. The molecular weight excluding hydrogens is 464 g/mol. The van der Waals surface area contributed by atoms with E-state index in [9.17, 15) is 9.59 Å². The molecule has 4 bridgehead atoms. The first-order chi connectivity index (χ1) is 18.0. The SMILES string of the molecule is O=C(Nc1cccc(-c2nnnn2C2CC2)c1)c1ccc(CNC(=O)C23CC4CC(CC(C4)C2)C3)cc1. The van der Waals surface area contributed by atoms with Crippen molar-refractivity contribution in [3.05, 3.63) is 59.7 Å². The van der Waals surface area contributed by atoms with E-state index in [2.05, 4.69) is 26.2 Å². The number of nitrogens with zero attached hydrogens (tertiary/aromatic N) is 4. The summed E-state index contributed by atoms with van der Waals surface area (Å²) in [4.78, 5) is 26.1. The van der Waals surface area contributed by atoms with Crippen LogP contribution < -0.4 is 10.6 Å². The van der Waals surface area contributed by atoms with Gasteiger partial charge in [-0.05, 0) is 109 Å². The van der Waals surface area contributed by atoms with Crippen molar-refractivity contribution in [3.8, 4) is 11.4 Å². The Balaban J connectivity index is 0.976.